The molecule has 1 fully saturated rings. The Kier molecular flexibility index (Phi) is 11.2. The Morgan fingerprint density at radius 2 is 1.54 bits per heavy atom. The summed E-state index contributed by atoms with van der Waals surface area (Å²) >= 11 is 2.67. The molecule has 0 spiro atoms. The van der Waals surface area contributed by atoms with Gasteiger partial charge in [0.2, 0.25) is 12.3 Å². The molecule has 0 radical (unpaired) electrons. The predicted molar refractivity (Wildman–Crippen MR) is 219 cm³/mol. The Labute approximate surface area is 338 Å². The minimum Gasteiger partial charge on any atom is -0.455 e. The van der Waals surface area contributed by atoms with Crippen LogP contribution in [0.15, 0.2) is 132 Å². The number of rotatable bonds is 12. The Morgan fingerprint density at radius 3 is 2.11 bits per heavy atom. The Hall–Kier alpha value is -6.30. The molecular formula is C43H40N7O5S2+. The maximum absolute atomic E-state index is 14.1. The molecule has 57 heavy (non-hydrogen) atoms. The molecule has 2 aliphatic heterocycles. The Morgan fingerprint density at radius 1 is 0.947 bits per heavy atom. The summed E-state index contributed by atoms with van der Waals surface area (Å²) in [6, 6.07) is 36.0. The molecule has 14 heteroatoms. The van der Waals surface area contributed by atoms with E-state index >= 15 is 0 Å². The first-order chi connectivity index (χ1) is 27.5. The van der Waals surface area contributed by atoms with Gasteiger partial charge in [0.15, 0.2) is 22.7 Å². The number of β-lactam (4-membered cyclic amide) rings is 1. The van der Waals surface area contributed by atoms with Gasteiger partial charge in [-0.15, -0.1) is 11.3 Å². The Bertz CT molecular complexity index is 2290. The van der Waals surface area contributed by atoms with Crippen LogP contribution in [0.3, 0.4) is 0 Å². The minimum atomic E-state index is -0.981. The molecule has 288 valence electrons. The number of anilines is 1. The van der Waals surface area contributed by atoms with E-state index in [1.807, 2.05) is 133 Å². The molecular weight excluding hydrogens is 759 g/mol. The number of ether oxygens (including phenoxy) is 1. The zero-order valence-electron chi connectivity index (χ0n) is 31.7. The van der Waals surface area contributed by atoms with Gasteiger partial charge in [-0.05, 0) is 37.5 Å². The number of oxime groups is 1. The fourth-order valence-corrected chi connectivity index (χ4v) is 8.94. The molecule has 3 aromatic carbocycles. The van der Waals surface area contributed by atoms with Crippen molar-refractivity contribution < 1.29 is 28.5 Å². The second-order valence-electron chi connectivity index (χ2n) is 14.3. The highest BCUT2D eigenvalue weighted by molar-refractivity contribution is 8.07. The number of nitrogens with one attached hydrogen (secondary N) is 2. The molecule has 2 amide bonds. The fraction of sp³-hybridized carbons (Fsp3) is 0.233. The average Bonchev–Trinajstić information content (AvgIpc) is 3.68. The van der Waals surface area contributed by atoms with Crippen LogP contribution >= 0.6 is 23.1 Å². The third-order valence-corrected chi connectivity index (χ3v) is 11.3. The number of aromatic nitrogens is 2. The molecule has 5 aromatic rings. The summed E-state index contributed by atoms with van der Waals surface area (Å²) in [6.07, 6.45) is 1.83. The van der Waals surface area contributed by atoms with E-state index in [4.69, 9.17) is 14.6 Å². The summed E-state index contributed by atoms with van der Waals surface area (Å²) in [4.78, 5) is 53.3. The van der Waals surface area contributed by atoms with Crippen molar-refractivity contribution in [1.29, 1.82) is 5.26 Å². The second kappa shape index (κ2) is 16.4. The van der Waals surface area contributed by atoms with Crippen LogP contribution in [-0.2, 0) is 29.5 Å². The van der Waals surface area contributed by atoms with E-state index < -0.39 is 47.6 Å². The van der Waals surface area contributed by atoms with Gasteiger partial charge in [-0.25, -0.2) is 9.78 Å². The topological polar surface area (TPSA) is 150 Å². The maximum Gasteiger partial charge on any atom is 0.363 e. The molecule has 2 aliphatic rings. The van der Waals surface area contributed by atoms with E-state index in [2.05, 4.69) is 15.8 Å². The summed E-state index contributed by atoms with van der Waals surface area (Å²) in [6.45, 7) is 6.79. The van der Waals surface area contributed by atoms with E-state index in [1.165, 1.54) is 28.0 Å². The molecule has 1 saturated heterocycles. The highest BCUT2D eigenvalue weighted by atomic mass is 32.2. The number of pyridine rings is 1. The van der Waals surface area contributed by atoms with Gasteiger partial charge in [-0.3, -0.25) is 14.5 Å². The summed E-state index contributed by atoms with van der Waals surface area (Å²) in [7, 11) is 0. The van der Waals surface area contributed by atoms with Gasteiger partial charge in [0.05, 0.1) is 6.04 Å². The lowest BCUT2D eigenvalue weighted by molar-refractivity contribution is -0.581. The van der Waals surface area contributed by atoms with E-state index in [9.17, 15) is 19.6 Å². The molecule has 0 saturated carbocycles. The van der Waals surface area contributed by atoms with Crippen molar-refractivity contribution in [1.82, 2.24) is 15.2 Å². The highest BCUT2D eigenvalue weighted by Gasteiger charge is 2.57. The monoisotopic (exact) mass is 798 g/mol. The third-order valence-electron chi connectivity index (χ3n) is 9.38. The first-order valence-electron chi connectivity index (χ1n) is 18.2. The van der Waals surface area contributed by atoms with Crippen LogP contribution in [0.1, 0.15) is 48.8 Å². The van der Waals surface area contributed by atoms with E-state index in [-0.39, 0.29) is 17.1 Å². The quantitative estimate of drug-likeness (QED) is 0.0295. The molecule has 4 heterocycles. The molecule has 0 bridgehead atoms. The summed E-state index contributed by atoms with van der Waals surface area (Å²) in [5.41, 5.74) is 2.13. The maximum atomic E-state index is 14.1. The smallest absolute Gasteiger partial charge is 0.363 e. The van der Waals surface area contributed by atoms with Crippen molar-refractivity contribution >= 4 is 56.8 Å². The Balaban J connectivity index is 1.19. The zero-order chi connectivity index (χ0) is 40.2. The third kappa shape index (κ3) is 7.89. The predicted octanol–water partition coefficient (Wildman–Crippen LogP) is 6.00. The van der Waals surface area contributed by atoms with E-state index in [0.29, 0.717) is 15.9 Å². The first kappa shape index (κ1) is 39.0. The number of thioether (sulfide) groups is 1. The van der Waals surface area contributed by atoms with Gasteiger partial charge in [0.25, 0.3) is 16.8 Å². The van der Waals surface area contributed by atoms with Crippen molar-refractivity contribution in [3.05, 3.63) is 155 Å². The van der Waals surface area contributed by atoms with Crippen LogP contribution in [0.2, 0.25) is 0 Å². The number of carbonyl (C=O) groups is 3. The van der Waals surface area contributed by atoms with Crippen LogP contribution < -0.4 is 15.2 Å². The van der Waals surface area contributed by atoms with Gasteiger partial charge in [-0.1, -0.05) is 114 Å². The van der Waals surface area contributed by atoms with Gasteiger partial charge in [0, 0.05) is 30.2 Å². The SMILES string of the molecule is Cc1cccc[n+]1C1=C(C(=O)OC(C)(C)C)N2C(=O)C(NC(=O)C(=NOCC#N)c3csc(NC(c4ccccc4)(c4ccccc4)c4ccccc4)n3)C2CS1. The van der Waals surface area contributed by atoms with Crippen LogP contribution in [-0.4, -0.2) is 63.4 Å². The van der Waals surface area contributed by atoms with Crippen LogP contribution in [0.4, 0.5) is 5.13 Å². The van der Waals surface area contributed by atoms with Crippen molar-refractivity contribution in [2.24, 2.45) is 5.16 Å². The number of nitrogens with zero attached hydrogens (tertiary/aromatic N) is 5. The number of amides is 2. The number of nitriles is 1. The number of aryl methyl sites for hydroxylation is 1. The lowest BCUT2D eigenvalue weighted by atomic mass is 9.77. The summed E-state index contributed by atoms with van der Waals surface area (Å²) < 4.78 is 7.63. The van der Waals surface area contributed by atoms with Crippen LogP contribution in [0, 0.1) is 18.3 Å². The standard InChI is InChI=1S/C43H39N7O5S2/c1-28-16-14-15-24-49(28)39-36(40(53)55-42(2,3)4)50-33(27-56-39)35(38(50)52)46-37(51)34(48-54-25-23-44)32-26-57-41(45-32)47-43(29-17-8-5-9-18-29,30-19-10-6-11-20-30)31-21-12-7-13-22-31/h5-22,24,26,33,35H,25,27H2,1-4H3,(H-,45,46,47,51)/p+1. The molecule has 12 nitrogen and oxygen atoms in total. The van der Waals surface area contributed by atoms with Crippen molar-refractivity contribution in [3.63, 3.8) is 0 Å². The number of benzene rings is 3. The van der Waals surface area contributed by atoms with Crippen molar-refractivity contribution in [2.75, 3.05) is 17.7 Å². The van der Waals surface area contributed by atoms with E-state index in [1.54, 1.807) is 26.2 Å². The lowest BCUT2D eigenvalue weighted by Crippen LogP contribution is -2.73. The van der Waals surface area contributed by atoms with Gasteiger partial charge >= 0.3 is 5.97 Å². The number of thiazole rings is 1. The van der Waals surface area contributed by atoms with Crippen molar-refractivity contribution in [3.8, 4) is 6.07 Å². The molecule has 0 aliphatic carbocycles. The largest absolute Gasteiger partial charge is 0.455 e. The van der Waals surface area contributed by atoms with Gasteiger partial charge in [-0.2, -0.15) is 9.83 Å². The lowest BCUT2D eigenvalue weighted by Gasteiger charge is -2.48. The second-order valence-corrected chi connectivity index (χ2v) is 16.2. The molecule has 7 rings (SSSR count). The molecule has 2 N–H and O–H groups in total. The zero-order valence-corrected chi connectivity index (χ0v) is 33.3. The molecule has 2 aromatic heterocycles. The number of hydrogen-bond acceptors (Lipinski definition) is 11. The minimum absolute atomic E-state index is 0.112. The number of fused-ring (bicyclic) bond motifs is 1. The normalized spacial score (nSPS) is 16.9. The summed E-state index contributed by atoms with van der Waals surface area (Å²) in [5, 5.41) is 22.5. The van der Waals surface area contributed by atoms with E-state index in [0.717, 1.165) is 22.4 Å². The summed E-state index contributed by atoms with van der Waals surface area (Å²) in [5.74, 6) is -1.45. The number of carbonyl (C=O) groups excluding carboxylic acids is 3. The highest BCUT2D eigenvalue weighted by Crippen LogP contribution is 2.42. The van der Waals surface area contributed by atoms with Crippen molar-refractivity contribution in [2.45, 2.75) is 50.9 Å². The van der Waals surface area contributed by atoms with Gasteiger partial charge < -0.3 is 20.2 Å². The van der Waals surface area contributed by atoms with Crippen LogP contribution in [0.25, 0.3) is 5.03 Å². The number of esters is 1. The molecule has 2 atom stereocenters. The first-order valence-corrected chi connectivity index (χ1v) is 20.1. The van der Waals surface area contributed by atoms with Gasteiger partial charge in [0.1, 0.15) is 28.9 Å². The fourth-order valence-electron chi connectivity index (χ4n) is 6.86. The average molecular weight is 799 g/mol. The molecule has 2 unspecified atom stereocenters. The van der Waals surface area contributed by atoms with Crippen LogP contribution in [0.5, 0.6) is 0 Å². The number of hydrogen-bond donors (Lipinski definition) is 2.